The van der Waals surface area contributed by atoms with Gasteiger partial charge in [0.25, 0.3) is 0 Å². The number of amidine groups is 1. The molecule has 0 radical (unpaired) electrons. The molecule has 2 atom stereocenters. The molecule has 146 valence electrons. The van der Waals surface area contributed by atoms with E-state index >= 15 is 4.39 Å². The molecule has 0 aromatic heterocycles. The second-order valence-electron chi connectivity index (χ2n) is 7.86. The van der Waals surface area contributed by atoms with E-state index < -0.39 is 0 Å². The quantitative estimate of drug-likeness (QED) is 0.610. The summed E-state index contributed by atoms with van der Waals surface area (Å²) in [5.41, 5.74) is 8.66. The Balaban J connectivity index is 1.50. The second-order valence-corrected chi connectivity index (χ2v) is 8.97. The first-order valence-electron chi connectivity index (χ1n) is 10.0. The Morgan fingerprint density at radius 3 is 2.96 bits per heavy atom. The minimum absolute atomic E-state index is 0.157. The predicted molar refractivity (Wildman–Crippen MR) is 114 cm³/mol. The van der Waals surface area contributed by atoms with Gasteiger partial charge in [-0.3, -0.25) is 0 Å². The van der Waals surface area contributed by atoms with Gasteiger partial charge in [0.05, 0.1) is 16.6 Å². The summed E-state index contributed by atoms with van der Waals surface area (Å²) in [6.45, 7) is 3.05. The number of aryl methyl sites for hydroxylation is 1. The Kier molecular flexibility index (Phi) is 5.74. The number of nitrogens with two attached hydrogens (primary N) is 1. The first kappa shape index (κ1) is 18.8. The zero-order valence-corrected chi connectivity index (χ0v) is 16.8. The summed E-state index contributed by atoms with van der Waals surface area (Å²) in [6.07, 6.45) is 8.63. The van der Waals surface area contributed by atoms with Gasteiger partial charge in [0.2, 0.25) is 0 Å². The molecule has 2 N–H and O–H groups in total. The fourth-order valence-corrected chi connectivity index (χ4v) is 5.32. The van der Waals surface area contributed by atoms with Crippen LogP contribution in [0.3, 0.4) is 0 Å². The number of halogens is 1. The normalized spacial score (nSPS) is 26.0. The highest BCUT2D eigenvalue weighted by Crippen LogP contribution is 2.35. The number of hydrogen-bond donors (Lipinski definition) is 1. The van der Waals surface area contributed by atoms with Crippen molar-refractivity contribution in [2.45, 2.75) is 49.8 Å². The second kappa shape index (κ2) is 8.23. The minimum Gasteiger partial charge on any atom is -0.386 e. The summed E-state index contributed by atoms with van der Waals surface area (Å²) in [5.74, 6) is 0.428. The number of allylic oxidation sites excluding steroid dienone is 1. The van der Waals surface area contributed by atoms with Gasteiger partial charge in [0.15, 0.2) is 0 Å². The van der Waals surface area contributed by atoms with Crippen molar-refractivity contribution in [3.8, 4) is 0 Å². The summed E-state index contributed by atoms with van der Waals surface area (Å²) >= 11 is 1.68. The molecule has 27 heavy (non-hydrogen) atoms. The Labute approximate surface area is 165 Å². The van der Waals surface area contributed by atoms with Crippen LogP contribution < -0.4 is 10.6 Å². The van der Waals surface area contributed by atoms with Gasteiger partial charge in [0.1, 0.15) is 11.7 Å². The number of hydrogen-bond acceptors (Lipinski definition) is 4. The summed E-state index contributed by atoms with van der Waals surface area (Å²) in [7, 11) is 2.20. The third-order valence-corrected chi connectivity index (χ3v) is 7.11. The average molecular weight is 389 g/mol. The van der Waals surface area contributed by atoms with Crippen LogP contribution in [0.2, 0.25) is 0 Å². The molecule has 6 heteroatoms. The van der Waals surface area contributed by atoms with Crippen molar-refractivity contribution in [2.75, 3.05) is 31.6 Å². The van der Waals surface area contributed by atoms with Crippen molar-refractivity contribution in [2.24, 2.45) is 10.7 Å². The molecule has 4 rings (SSSR count). The lowest BCUT2D eigenvalue weighted by atomic mass is 9.99. The molecule has 1 aromatic rings. The summed E-state index contributed by atoms with van der Waals surface area (Å²) in [4.78, 5) is 9.21. The molecule has 0 bridgehead atoms. The van der Waals surface area contributed by atoms with Crippen LogP contribution in [0.1, 0.15) is 37.7 Å². The maximum absolute atomic E-state index is 15.0. The van der Waals surface area contributed by atoms with E-state index in [0.29, 0.717) is 17.6 Å². The van der Waals surface area contributed by atoms with Crippen LogP contribution in [0.25, 0.3) is 0 Å². The van der Waals surface area contributed by atoms with Crippen molar-refractivity contribution in [1.82, 2.24) is 4.90 Å². The Bertz CT molecular complexity index is 740. The Morgan fingerprint density at radius 1 is 1.33 bits per heavy atom. The molecule has 0 saturated carbocycles. The van der Waals surface area contributed by atoms with Crippen molar-refractivity contribution in [3.05, 3.63) is 35.0 Å². The van der Waals surface area contributed by atoms with E-state index in [1.54, 1.807) is 17.8 Å². The van der Waals surface area contributed by atoms with Gasteiger partial charge in [-0.15, -0.1) is 11.8 Å². The van der Waals surface area contributed by atoms with Gasteiger partial charge < -0.3 is 15.5 Å². The third-order valence-electron chi connectivity index (χ3n) is 6.00. The lowest BCUT2D eigenvalue weighted by Gasteiger charge is -2.33. The zero-order valence-electron chi connectivity index (χ0n) is 16.0. The highest BCUT2D eigenvalue weighted by atomic mass is 32.2. The minimum atomic E-state index is -0.157. The molecule has 3 aliphatic rings. The largest absolute Gasteiger partial charge is 0.386 e. The number of rotatable bonds is 5. The first-order chi connectivity index (χ1) is 13.1. The van der Waals surface area contributed by atoms with E-state index in [1.165, 1.54) is 19.4 Å². The molecule has 3 aliphatic heterocycles. The Morgan fingerprint density at radius 2 is 2.22 bits per heavy atom. The molecular formula is C21H29FN4S. The molecule has 4 nitrogen and oxygen atoms in total. The van der Waals surface area contributed by atoms with E-state index in [4.69, 9.17) is 5.73 Å². The van der Waals surface area contributed by atoms with Crippen LogP contribution in [-0.4, -0.2) is 48.7 Å². The molecule has 1 saturated heterocycles. The summed E-state index contributed by atoms with van der Waals surface area (Å²) < 4.78 is 15.0. The standard InChI is InChI=1S/C21H29FN4S/c1-25-9-3-6-17(25)8-11-26-10-2-5-15-13-16(14-18(22)20(15)26)24-21(23)19-7-4-12-27-19/h4,12-14,17,19H,2-3,5-11H2,1H3,(H2,23,24). The average Bonchev–Trinajstić information content (AvgIpc) is 3.31. The number of fused-ring (bicyclic) bond motifs is 1. The van der Waals surface area contributed by atoms with Gasteiger partial charge in [-0.25, -0.2) is 9.38 Å². The van der Waals surface area contributed by atoms with Crippen LogP contribution in [-0.2, 0) is 6.42 Å². The molecule has 3 heterocycles. The van der Waals surface area contributed by atoms with Crippen molar-refractivity contribution >= 4 is 29.0 Å². The third kappa shape index (κ3) is 4.16. The van der Waals surface area contributed by atoms with Gasteiger partial charge >= 0.3 is 0 Å². The number of aliphatic imine (C=N–C) groups is 1. The SMILES string of the molecule is CN1CCCC1CCN1CCCc2cc(N=C(N)C3CC=CS3)cc(F)c21. The molecule has 2 unspecified atom stereocenters. The summed E-state index contributed by atoms with van der Waals surface area (Å²) in [5, 5.41) is 2.24. The number of benzene rings is 1. The molecule has 0 aliphatic carbocycles. The van der Waals surface area contributed by atoms with E-state index in [-0.39, 0.29) is 11.1 Å². The van der Waals surface area contributed by atoms with Gasteiger partial charge in [0, 0.05) is 25.2 Å². The highest BCUT2D eigenvalue weighted by Gasteiger charge is 2.25. The van der Waals surface area contributed by atoms with Crippen molar-refractivity contribution < 1.29 is 4.39 Å². The van der Waals surface area contributed by atoms with Crippen LogP contribution >= 0.6 is 11.8 Å². The van der Waals surface area contributed by atoms with Crippen molar-refractivity contribution in [3.63, 3.8) is 0 Å². The lowest BCUT2D eigenvalue weighted by molar-refractivity contribution is 0.297. The van der Waals surface area contributed by atoms with Gasteiger partial charge in [-0.1, -0.05) is 6.08 Å². The van der Waals surface area contributed by atoms with Gasteiger partial charge in [-0.2, -0.15) is 0 Å². The molecule has 0 amide bonds. The number of anilines is 1. The highest BCUT2D eigenvalue weighted by molar-refractivity contribution is 8.03. The smallest absolute Gasteiger partial charge is 0.148 e. The fraction of sp³-hybridized carbons (Fsp3) is 0.571. The van der Waals surface area contributed by atoms with E-state index in [1.807, 2.05) is 6.07 Å². The summed E-state index contributed by atoms with van der Waals surface area (Å²) in [6, 6.07) is 4.23. The topological polar surface area (TPSA) is 44.9 Å². The molecule has 0 spiro atoms. The fourth-order valence-electron chi connectivity index (χ4n) is 4.49. The maximum Gasteiger partial charge on any atom is 0.148 e. The van der Waals surface area contributed by atoms with E-state index in [0.717, 1.165) is 50.0 Å². The number of thioether (sulfide) groups is 1. The van der Waals surface area contributed by atoms with Gasteiger partial charge in [-0.05, 0) is 69.2 Å². The molecular weight excluding hydrogens is 359 g/mol. The molecule has 1 fully saturated rings. The van der Waals surface area contributed by atoms with Crippen LogP contribution in [0.15, 0.2) is 28.6 Å². The maximum atomic E-state index is 15.0. The van der Waals surface area contributed by atoms with Crippen LogP contribution in [0.5, 0.6) is 0 Å². The Hall–Kier alpha value is -1.53. The van der Waals surface area contributed by atoms with Crippen LogP contribution in [0.4, 0.5) is 15.8 Å². The van der Waals surface area contributed by atoms with E-state index in [2.05, 4.69) is 33.3 Å². The first-order valence-corrected chi connectivity index (χ1v) is 11.0. The van der Waals surface area contributed by atoms with E-state index in [9.17, 15) is 0 Å². The van der Waals surface area contributed by atoms with Crippen molar-refractivity contribution in [1.29, 1.82) is 0 Å². The van der Waals surface area contributed by atoms with Crippen LogP contribution in [0, 0.1) is 5.82 Å². The number of likely N-dealkylation sites (tertiary alicyclic amines) is 1. The zero-order chi connectivity index (χ0) is 18.8. The number of nitrogens with zero attached hydrogens (tertiary/aromatic N) is 3. The lowest BCUT2D eigenvalue weighted by Crippen LogP contribution is -2.35. The predicted octanol–water partition coefficient (Wildman–Crippen LogP) is 4.07. The molecule has 1 aromatic carbocycles. The monoisotopic (exact) mass is 388 g/mol.